The molecule has 3 aromatic rings. The van der Waals surface area contributed by atoms with Gasteiger partial charge in [0.15, 0.2) is 0 Å². The number of aromatic nitrogens is 1. The molecule has 1 saturated heterocycles. The zero-order chi connectivity index (χ0) is 20.2. The van der Waals surface area contributed by atoms with E-state index in [0.29, 0.717) is 6.54 Å². The van der Waals surface area contributed by atoms with Crippen molar-refractivity contribution in [3.63, 3.8) is 0 Å². The molecule has 1 unspecified atom stereocenters. The van der Waals surface area contributed by atoms with Gasteiger partial charge < -0.3 is 11.1 Å². The van der Waals surface area contributed by atoms with Crippen LogP contribution < -0.4 is 11.1 Å². The summed E-state index contributed by atoms with van der Waals surface area (Å²) in [6.45, 7) is 1.42. The molecule has 1 aliphatic heterocycles. The van der Waals surface area contributed by atoms with E-state index < -0.39 is 0 Å². The number of nitrogens with two attached hydrogens (primary N) is 1. The highest BCUT2D eigenvalue weighted by atomic mass is 32.1. The number of nitrogens with zero attached hydrogens (tertiary/aromatic N) is 2. The molecule has 1 fully saturated rings. The average molecular weight is 427 g/mol. The van der Waals surface area contributed by atoms with Crippen molar-refractivity contribution >= 4 is 40.2 Å². The molecule has 0 radical (unpaired) electrons. The standard InChI is InChI=1S/C21H22N4O2S2/c22-20(27)17-7-3-9-25(17)12-14-5-1-2-6-16(14)24-19(26)11-15-13-29-21(23-15)18-8-4-10-28-18/h1-2,4-6,8,10,13,17H,3,7,9,11-12H2,(H2,22,27)(H,24,26). The fourth-order valence-corrected chi connectivity index (χ4v) is 5.23. The lowest BCUT2D eigenvalue weighted by molar-refractivity contribution is -0.122. The lowest BCUT2D eigenvalue weighted by atomic mass is 10.1. The van der Waals surface area contributed by atoms with Crippen LogP contribution in [0.3, 0.4) is 0 Å². The van der Waals surface area contributed by atoms with Crippen LogP contribution in [0.2, 0.25) is 0 Å². The number of anilines is 1. The van der Waals surface area contributed by atoms with E-state index in [9.17, 15) is 9.59 Å². The number of para-hydroxylation sites is 1. The average Bonchev–Trinajstić information content (AvgIpc) is 3.44. The summed E-state index contributed by atoms with van der Waals surface area (Å²) in [5.74, 6) is -0.387. The van der Waals surface area contributed by atoms with Crippen LogP contribution in [-0.2, 0) is 22.6 Å². The van der Waals surface area contributed by atoms with Crippen LogP contribution in [0.4, 0.5) is 5.69 Å². The van der Waals surface area contributed by atoms with Crippen molar-refractivity contribution in [2.75, 3.05) is 11.9 Å². The fraction of sp³-hybridized carbons (Fsp3) is 0.286. The van der Waals surface area contributed by atoms with Gasteiger partial charge in [-0.2, -0.15) is 0 Å². The van der Waals surface area contributed by atoms with Crippen molar-refractivity contribution in [1.29, 1.82) is 0 Å². The minimum absolute atomic E-state index is 0.103. The molecule has 0 bridgehead atoms. The number of amides is 2. The predicted molar refractivity (Wildman–Crippen MR) is 117 cm³/mol. The van der Waals surface area contributed by atoms with Crippen LogP contribution >= 0.6 is 22.7 Å². The molecule has 8 heteroatoms. The summed E-state index contributed by atoms with van der Waals surface area (Å²) >= 11 is 3.19. The van der Waals surface area contributed by atoms with E-state index in [-0.39, 0.29) is 24.3 Å². The van der Waals surface area contributed by atoms with Gasteiger partial charge in [0.25, 0.3) is 0 Å². The van der Waals surface area contributed by atoms with Gasteiger partial charge in [-0.05, 0) is 42.5 Å². The van der Waals surface area contributed by atoms with E-state index in [1.54, 1.807) is 22.7 Å². The maximum absolute atomic E-state index is 12.6. The summed E-state index contributed by atoms with van der Waals surface area (Å²) in [5.41, 5.74) is 8.04. The Labute approximate surface area is 177 Å². The molecule has 2 aromatic heterocycles. The molecule has 2 amide bonds. The van der Waals surface area contributed by atoms with E-state index in [1.165, 1.54) is 0 Å². The van der Waals surface area contributed by atoms with Gasteiger partial charge >= 0.3 is 0 Å². The molecule has 1 atom stereocenters. The monoisotopic (exact) mass is 426 g/mol. The number of benzene rings is 1. The number of thiophene rings is 1. The number of carbonyl (C=O) groups is 2. The zero-order valence-corrected chi connectivity index (χ0v) is 17.5. The van der Waals surface area contributed by atoms with Gasteiger partial charge in [-0.25, -0.2) is 4.98 Å². The number of thiazole rings is 1. The van der Waals surface area contributed by atoms with E-state index in [1.807, 2.05) is 47.2 Å². The molecular weight excluding hydrogens is 404 g/mol. The highest BCUT2D eigenvalue weighted by Gasteiger charge is 2.29. The van der Waals surface area contributed by atoms with E-state index in [4.69, 9.17) is 5.73 Å². The van der Waals surface area contributed by atoms with E-state index in [2.05, 4.69) is 15.2 Å². The molecule has 4 rings (SSSR count). The SMILES string of the molecule is NC(=O)C1CCCN1Cc1ccccc1NC(=O)Cc1csc(-c2cccs2)n1. The zero-order valence-electron chi connectivity index (χ0n) is 15.8. The molecule has 1 aliphatic rings. The van der Waals surface area contributed by atoms with Gasteiger partial charge in [0.2, 0.25) is 11.8 Å². The molecule has 3 heterocycles. The van der Waals surface area contributed by atoms with Gasteiger partial charge in [-0.3, -0.25) is 14.5 Å². The van der Waals surface area contributed by atoms with Crippen molar-refractivity contribution in [3.05, 3.63) is 58.4 Å². The molecule has 0 spiro atoms. The van der Waals surface area contributed by atoms with E-state index >= 15 is 0 Å². The maximum atomic E-state index is 12.6. The maximum Gasteiger partial charge on any atom is 0.234 e. The number of nitrogens with one attached hydrogen (secondary N) is 1. The number of primary amides is 1. The van der Waals surface area contributed by atoms with Crippen molar-refractivity contribution in [3.8, 4) is 9.88 Å². The largest absolute Gasteiger partial charge is 0.368 e. The van der Waals surface area contributed by atoms with Crippen LogP contribution in [0, 0.1) is 0 Å². The molecule has 3 N–H and O–H groups in total. The third-order valence-electron chi connectivity index (χ3n) is 4.98. The number of rotatable bonds is 7. The Hall–Kier alpha value is -2.55. The minimum atomic E-state index is -0.283. The normalized spacial score (nSPS) is 16.8. The molecular formula is C21H22N4O2S2. The highest BCUT2D eigenvalue weighted by Crippen LogP contribution is 2.28. The third-order valence-corrected chi connectivity index (χ3v) is 6.91. The smallest absolute Gasteiger partial charge is 0.234 e. The van der Waals surface area contributed by atoms with Crippen LogP contribution in [0.1, 0.15) is 24.1 Å². The summed E-state index contributed by atoms with van der Waals surface area (Å²) < 4.78 is 0. The Kier molecular flexibility index (Phi) is 6.03. The van der Waals surface area contributed by atoms with Gasteiger partial charge in [0.05, 0.1) is 23.0 Å². The number of hydrogen-bond donors (Lipinski definition) is 2. The Balaban J connectivity index is 1.42. The molecule has 150 valence electrons. The highest BCUT2D eigenvalue weighted by molar-refractivity contribution is 7.20. The lowest BCUT2D eigenvalue weighted by Gasteiger charge is -2.23. The minimum Gasteiger partial charge on any atom is -0.368 e. The third kappa shape index (κ3) is 4.72. The van der Waals surface area contributed by atoms with Crippen molar-refractivity contribution in [2.45, 2.75) is 31.8 Å². The lowest BCUT2D eigenvalue weighted by Crippen LogP contribution is -2.39. The first-order chi connectivity index (χ1) is 14.1. The van der Waals surface area contributed by atoms with Crippen LogP contribution in [0.25, 0.3) is 9.88 Å². The van der Waals surface area contributed by atoms with Crippen LogP contribution in [-0.4, -0.2) is 34.3 Å². The molecule has 0 aliphatic carbocycles. The summed E-state index contributed by atoms with van der Waals surface area (Å²) in [6, 6.07) is 11.5. The Morgan fingerprint density at radius 2 is 2.07 bits per heavy atom. The first-order valence-electron chi connectivity index (χ1n) is 9.49. The molecule has 1 aromatic carbocycles. The number of carbonyl (C=O) groups excluding carboxylic acids is 2. The Morgan fingerprint density at radius 3 is 2.86 bits per heavy atom. The summed E-state index contributed by atoms with van der Waals surface area (Å²) in [6.07, 6.45) is 1.97. The van der Waals surface area contributed by atoms with Crippen molar-refractivity contribution < 1.29 is 9.59 Å². The first kappa shape index (κ1) is 19.8. The Bertz CT molecular complexity index is 1000. The molecule has 6 nitrogen and oxygen atoms in total. The predicted octanol–water partition coefficient (Wildman–Crippen LogP) is 3.50. The first-order valence-corrected chi connectivity index (χ1v) is 11.3. The molecule has 0 saturated carbocycles. The second-order valence-electron chi connectivity index (χ2n) is 7.03. The number of likely N-dealkylation sites (tertiary alicyclic amines) is 1. The topological polar surface area (TPSA) is 88.3 Å². The summed E-state index contributed by atoms with van der Waals surface area (Å²) in [4.78, 5) is 32.0. The van der Waals surface area contributed by atoms with Gasteiger partial charge in [0, 0.05) is 17.6 Å². The second kappa shape index (κ2) is 8.86. The quantitative estimate of drug-likeness (QED) is 0.605. The van der Waals surface area contributed by atoms with Gasteiger partial charge in [0.1, 0.15) is 5.01 Å². The fourth-order valence-electron chi connectivity index (χ4n) is 3.60. The van der Waals surface area contributed by atoms with E-state index in [0.717, 1.165) is 46.2 Å². The van der Waals surface area contributed by atoms with Crippen LogP contribution in [0.5, 0.6) is 0 Å². The second-order valence-corrected chi connectivity index (χ2v) is 8.84. The Morgan fingerprint density at radius 1 is 1.21 bits per heavy atom. The van der Waals surface area contributed by atoms with Gasteiger partial charge in [-0.1, -0.05) is 24.3 Å². The number of hydrogen-bond acceptors (Lipinski definition) is 6. The van der Waals surface area contributed by atoms with Gasteiger partial charge in [-0.15, -0.1) is 22.7 Å². The summed E-state index contributed by atoms with van der Waals surface area (Å²) in [7, 11) is 0. The van der Waals surface area contributed by atoms with Crippen LogP contribution in [0.15, 0.2) is 47.2 Å². The van der Waals surface area contributed by atoms with Crippen molar-refractivity contribution in [1.82, 2.24) is 9.88 Å². The van der Waals surface area contributed by atoms with Crippen molar-refractivity contribution in [2.24, 2.45) is 5.73 Å². The summed E-state index contributed by atoms with van der Waals surface area (Å²) in [5, 5.41) is 7.90. The molecule has 29 heavy (non-hydrogen) atoms.